The third kappa shape index (κ3) is 2.31. The monoisotopic (exact) mass is 206 g/mol. The van der Waals surface area contributed by atoms with E-state index in [1.165, 1.54) is 0 Å². The van der Waals surface area contributed by atoms with E-state index in [9.17, 15) is 0 Å². The fourth-order valence-electron chi connectivity index (χ4n) is 1.42. The van der Waals surface area contributed by atoms with Crippen molar-refractivity contribution in [2.45, 2.75) is 6.54 Å². The predicted molar refractivity (Wildman–Crippen MR) is 56.6 cm³/mol. The standard InChI is InChI=1S/C10H14N4O/c1-15-5-3-12-6-9-7-13-10-8-11-2-4-14(9)10/h2,4,7-8,12H,3,5-6H2,1H3. The van der Waals surface area contributed by atoms with Crippen molar-refractivity contribution in [3.8, 4) is 0 Å². The first-order chi connectivity index (χ1) is 7.42. The molecule has 1 N–H and O–H groups in total. The molecule has 0 saturated carbocycles. The summed E-state index contributed by atoms with van der Waals surface area (Å²) in [6, 6.07) is 0. The van der Waals surface area contributed by atoms with Gasteiger partial charge in [0.1, 0.15) is 0 Å². The van der Waals surface area contributed by atoms with Crippen molar-refractivity contribution in [2.75, 3.05) is 20.3 Å². The summed E-state index contributed by atoms with van der Waals surface area (Å²) in [7, 11) is 1.70. The number of hydrogen-bond donors (Lipinski definition) is 1. The van der Waals surface area contributed by atoms with E-state index in [1.54, 1.807) is 19.5 Å². The second kappa shape index (κ2) is 4.86. The summed E-state index contributed by atoms with van der Waals surface area (Å²) in [5.74, 6) is 0. The van der Waals surface area contributed by atoms with Gasteiger partial charge in [0.25, 0.3) is 0 Å². The van der Waals surface area contributed by atoms with Crippen molar-refractivity contribution in [2.24, 2.45) is 0 Å². The largest absolute Gasteiger partial charge is 0.383 e. The van der Waals surface area contributed by atoms with E-state index in [1.807, 2.05) is 16.8 Å². The highest BCUT2D eigenvalue weighted by molar-refractivity contribution is 5.36. The maximum atomic E-state index is 4.95. The molecule has 2 rings (SSSR count). The number of methoxy groups -OCH3 is 1. The number of hydrogen-bond acceptors (Lipinski definition) is 4. The zero-order valence-electron chi connectivity index (χ0n) is 8.68. The second-order valence-electron chi connectivity index (χ2n) is 3.22. The van der Waals surface area contributed by atoms with Crippen molar-refractivity contribution in [1.82, 2.24) is 19.7 Å². The van der Waals surface area contributed by atoms with Crippen LogP contribution in [0.5, 0.6) is 0 Å². The number of ether oxygens (including phenoxy) is 1. The Kier molecular flexibility index (Phi) is 3.26. The summed E-state index contributed by atoms with van der Waals surface area (Å²) in [5, 5.41) is 3.27. The van der Waals surface area contributed by atoms with E-state index < -0.39 is 0 Å². The van der Waals surface area contributed by atoms with Gasteiger partial charge in [0.2, 0.25) is 0 Å². The van der Waals surface area contributed by atoms with Gasteiger partial charge in [-0.2, -0.15) is 0 Å². The van der Waals surface area contributed by atoms with Crippen molar-refractivity contribution >= 4 is 5.65 Å². The number of aromatic nitrogens is 3. The first-order valence-corrected chi connectivity index (χ1v) is 4.87. The Bertz CT molecular complexity index is 426. The number of rotatable bonds is 5. The Labute approximate surface area is 88.1 Å². The van der Waals surface area contributed by atoms with Crippen LogP contribution < -0.4 is 5.32 Å². The molecule has 0 aliphatic rings. The summed E-state index contributed by atoms with van der Waals surface area (Å²) in [4.78, 5) is 8.26. The highest BCUT2D eigenvalue weighted by Crippen LogP contribution is 2.03. The Hall–Kier alpha value is -1.46. The first-order valence-electron chi connectivity index (χ1n) is 4.87. The number of nitrogens with zero attached hydrogens (tertiary/aromatic N) is 3. The highest BCUT2D eigenvalue weighted by Gasteiger charge is 2.01. The molecule has 2 heterocycles. The molecule has 0 unspecified atom stereocenters. The summed E-state index contributed by atoms with van der Waals surface area (Å²) in [6.07, 6.45) is 7.28. The average molecular weight is 206 g/mol. The predicted octanol–water partition coefficient (Wildman–Crippen LogP) is 0.465. The molecule has 0 atom stereocenters. The van der Waals surface area contributed by atoms with Crippen LogP contribution in [-0.2, 0) is 11.3 Å². The second-order valence-corrected chi connectivity index (χ2v) is 3.22. The SMILES string of the molecule is COCCNCc1cnc2cnccn12. The fourth-order valence-corrected chi connectivity index (χ4v) is 1.42. The Balaban J connectivity index is 2.02. The Morgan fingerprint density at radius 3 is 3.27 bits per heavy atom. The summed E-state index contributed by atoms with van der Waals surface area (Å²) in [6.45, 7) is 2.35. The van der Waals surface area contributed by atoms with Crippen molar-refractivity contribution in [3.05, 3.63) is 30.5 Å². The quantitative estimate of drug-likeness (QED) is 0.722. The number of imidazole rings is 1. The van der Waals surface area contributed by atoms with E-state index in [2.05, 4.69) is 15.3 Å². The zero-order valence-corrected chi connectivity index (χ0v) is 8.68. The minimum absolute atomic E-state index is 0.721. The van der Waals surface area contributed by atoms with Crippen LogP contribution in [0.3, 0.4) is 0 Å². The maximum absolute atomic E-state index is 4.95. The van der Waals surface area contributed by atoms with Crippen LogP contribution in [0.15, 0.2) is 24.8 Å². The Morgan fingerprint density at radius 1 is 1.47 bits per heavy atom. The molecule has 0 saturated heterocycles. The molecular formula is C10H14N4O. The molecule has 0 aliphatic heterocycles. The van der Waals surface area contributed by atoms with E-state index in [0.29, 0.717) is 0 Å². The van der Waals surface area contributed by atoms with Crippen LogP contribution in [0.4, 0.5) is 0 Å². The normalized spacial score (nSPS) is 11.0. The van der Waals surface area contributed by atoms with Gasteiger partial charge in [-0.3, -0.25) is 9.38 Å². The summed E-state index contributed by atoms with van der Waals surface area (Å²) >= 11 is 0. The van der Waals surface area contributed by atoms with E-state index in [4.69, 9.17) is 4.74 Å². The number of nitrogens with one attached hydrogen (secondary N) is 1. The molecule has 0 spiro atoms. The first kappa shape index (κ1) is 10.1. The van der Waals surface area contributed by atoms with Crippen LogP contribution in [0.2, 0.25) is 0 Å². The molecule has 2 aromatic heterocycles. The molecule has 0 bridgehead atoms. The fraction of sp³-hybridized carbons (Fsp3) is 0.400. The van der Waals surface area contributed by atoms with E-state index in [-0.39, 0.29) is 0 Å². The molecule has 5 nitrogen and oxygen atoms in total. The van der Waals surface area contributed by atoms with Gasteiger partial charge in [-0.25, -0.2) is 4.98 Å². The molecule has 0 amide bonds. The minimum Gasteiger partial charge on any atom is -0.383 e. The molecule has 0 fully saturated rings. The summed E-state index contributed by atoms with van der Waals surface area (Å²) < 4.78 is 6.97. The van der Waals surface area contributed by atoms with Gasteiger partial charge in [-0.1, -0.05) is 0 Å². The van der Waals surface area contributed by atoms with Gasteiger partial charge >= 0.3 is 0 Å². The smallest absolute Gasteiger partial charge is 0.155 e. The Morgan fingerprint density at radius 2 is 2.40 bits per heavy atom. The third-order valence-electron chi connectivity index (χ3n) is 2.18. The van der Waals surface area contributed by atoms with Crippen LogP contribution in [0.25, 0.3) is 5.65 Å². The molecule has 0 aliphatic carbocycles. The average Bonchev–Trinajstić information content (AvgIpc) is 2.68. The third-order valence-corrected chi connectivity index (χ3v) is 2.18. The van der Waals surface area contributed by atoms with Crippen LogP contribution in [0, 0.1) is 0 Å². The molecule has 2 aromatic rings. The van der Waals surface area contributed by atoms with Gasteiger partial charge in [0, 0.05) is 32.6 Å². The van der Waals surface area contributed by atoms with E-state index >= 15 is 0 Å². The molecule has 80 valence electrons. The van der Waals surface area contributed by atoms with Crippen molar-refractivity contribution in [1.29, 1.82) is 0 Å². The zero-order chi connectivity index (χ0) is 10.5. The van der Waals surface area contributed by atoms with Crippen molar-refractivity contribution < 1.29 is 4.74 Å². The van der Waals surface area contributed by atoms with Gasteiger partial charge in [-0.05, 0) is 0 Å². The van der Waals surface area contributed by atoms with Crippen molar-refractivity contribution in [3.63, 3.8) is 0 Å². The molecule has 5 heteroatoms. The molecule has 0 aromatic carbocycles. The topological polar surface area (TPSA) is 51.5 Å². The lowest BCUT2D eigenvalue weighted by Crippen LogP contribution is -2.19. The highest BCUT2D eigenvalue weighted by atomic mass is 16.5. The van der Waals surface area contributed by atoms with Crippen LogP contribution >= 0.6 is 0 Å². The van der Waals surface area contributed by atoms with Gasteiger partial charge < -0.3 is 10.1 Å². The molecular weight excluding hydrogens is 192 g/mol. The van der Waals surface area contributed by atoms with Gasteiger partial charge in [0.15, 0.2) is 5.65 Å². The van der Waals surface area contributed by atoms with Crippen LogP contribution in [0.1, 0.15) is 5.69 Å². The van der Waals surface area contributed by atoms with Crippen LogP contribution in [-0.4, -0.2) is 34.6 Å². The minimum atomic E-state index is 0.721. The molecule has 0 radical (unpaired) electrons. The van der Waals surface area contributed by atoms with Gasteiger partial charge in [0.05, 0.1) is 24.7 Å². The van der Waals surface area contributed by atoms with Gasteiger partial charge in [-0.15, -0.1) is 0 Å². The summed E-state index contributed by atoms with van der Waals surface area (Å²) in [5.41, 5.74) is 2.00. The molecule has 15 heavy (non-hydrogen) atoms. The lowest BCUT2D eigenvalue weighted by molar-refractivity contribution is 0.199. The van der Waals surface area contributed by atoms with E-state index in [0.717, 1.165) is 31.0 Å². The number of fused-ring (bicyclic) bond motifs is 1. The maximum Gasteiger partial charge on any atom is 0.155 e. The lowest BCUT2D eigenvalue weighted by Gasteiger charge is -2.03. The lowest BCUT2D eigenvalue weighted by atomic mass is 10.4.